The monoisotopic (exact) mass is 319 g/mol. The maximum absolute atomic E-state index is 12.3. The number of piperazine rings is 1. The summed E-state index contributed by atoms with van der Waals surface area (Å²) in [6.45, 7) is 3.51. The molecule has 2 heterocycles. The third-order valence-corrected chi connectivity index (χ3v) is 4.18. The van der Waals surface area contributed by atoms with Crippen LogP contribution in [0.5, 0.6) is 0 Å². The average molecular weight is 319 g/mol. The van der Waals surface area contributed by atoms with Gasteiger partial charge in [0.05, 0.1) is 0 Å². The second-order valence-corrected chi connectivity index (χ2v) is 5.95. The summed E-state index contributed by atoms with van der Waals surface area (Å²) >= 11 is 0. The van der Waals surface area contributed by atoms with Crippen LogP contribution in [-0.2, 0) is 16.0 Å². The molecule has 124 valence electrons. The molecule has 7 nitrogen and oxygen atoms in total. The van der Waals surface area contributed by atoms with E-state index in [1.54, 1.807) is 17.0 Å². The smallest absolute Gasteiger partial charge is 0.312 e. The van der Waals surface area contributed by atoms with Gasteiger partial charge in [-0.15, -0.1) is 0 Å². The van der Waals surface area contributed by atoms with Crippen molar-refractivity contribution in [3.8, 4) is 0 Å². The van der Waals surface area contributed by atoms with Gasteiger partial charge in [-0.3, -0.25) is 14.4 Å². The highest BCUT2D eigenvalue weighted by atomic mass is 16.4. The van der Waals surface area contributed by atoms with Crippen molar-refractivity contribution < 1.29 is 18.8 Å². The molecular weight excluding hydrogens is 298 g/mol. The largest absolute Gasteiger partial charge is 0.456 e. The Kier molecular flexibility index (Phi) is 4.36. The van der Waals surface area contributed by atoms with Crippen LogP contribution in [0.4, 0.5) is 0 Å². The van der Waals surface area contributed by atoms with E-state index in [0.717, 1.165) is 25.0 Å². The maximum atomic E-state index is 12.3. The molecule has 0 bridgehead atoms. The summed E-state index contributed by atoms with van der Waals surface area (Å²) in [6, 6.07) is 3.65. The van der Waals surface area contributed by atoms with E-state index in [1.807, 2.05) is 6.92 Å². The van der Waals surface area contributed by atoms with Crippen LogP contribution in [0, 0.1) is 0 Å². The molecule has 1 aliphatic heterocycles. The minimum absolute atomic E-state index is 0.167. The molecule has 0 atom stereocenters. The highest BCUT2D eigenvalue weighted by molar-refractivity contribution is 6.35. The summed E-state index contributed by atoms with van der Waals surface area (Å²) < 4.78 is 5.48. The Bertz CT molecular complexity index is 613. The zero-order valence-electron chi connectivity index (χ0n) is 13.2. The van der Waals surface area contributed by atoms with Crippen molar-refractivity contribution in [2.45, 2.75) is 32.2 Å². The zero-order valence-corrected chi connectivity index (χ0v) is 13.2. The SMILES string of the molecule is CCc1ccc(C(=O)N2CCN(C(=O)C(=O)NC3CC3)CC2)o1. The van der Waals surface area contributed by atoms with E-state index in [1.165, 1.54) is 4.90 Å². The van der Waals surface area contributed by atoms with Gasteiger partial charge >= 0.3 is 11.8 Å². The predicted octanol–water partition coefficient (Wildman–Crippen LogP) is 0.405. The number of hydrogen-bond donors (Lipinski definition) is 1. The average Bonchev–Trinajstić information content (AvgIpc) is 3.26. The van der Waals surface area contributed by atoms with Gasteiger partial charge in [0, 0.05) is 38.6 Å². The number of furan rings is 1. The standard InChI is InChI=1S/C16H21N3O4/c1-2-12-5-6-13(23-12)15(21)18-7-9-19(10-8-18)16(22)14(20)17-11-3-4-11/h5-6,11H,2-4,7-10H2,1H3,(H,17,20). The normalized spacial score (nSPS) is 18.0. The van der Waals surface area contributed by atoms with E-state index in [0.29, 0.717) is 31.9 Å². The van der Waals surface area contributed by atoms with Gasteiger partial charge in [0.15, 0.2) is 5.76 Å². The van der Waals surface area contributed by atoms with Gasteiger partial charge in [-0.2, -0.15) is 0 Å². The van der Waals surface area contributed by atoms with Crippen LogP contribution in [-0.4, -0.2) is 59.7 Å². The lowest BCUT2D eigenvalue weighted by Gasteiger charge is -2.33. The topological polar surface area (TPSA) is 82.9 Å². The summed E-state index contributed by atoms with van der Waals surface area (Å²) in [6.07, 6.45) is 2.64. The van der Waals surface area contributed by atoms with Gasteiger partial charge in [-0.05, 0) is 25.0 Å². The van der Waals surface area contributed by atoms with Crippen LogP contribution in [0.1, 0.15) is 36.1 Å². The van der Waals surface area contributed by atoms with Crippen molar-refractivity contribution in [2.75, 3.05) is 26.2 Å². The predicted molar refractivity (Wildman–Crippen MR) is 81.7 cm³/mol. The Labute approximate surface area is 134 Å². The van der Waals surface area contributed by atoms with Gasteiger partial charge in [0.2, 0.25) is 0 Å². The first-order valence-corrected chi connectivity index (χ1v) is 8.06. The van der Waals surface area contributed by atoms with E-state index >= 15 is 0 Å². The minimum atomic E-state index is -0.536. The first-order chi connectivity index (χ1) is 11.1. The molecule has 0 aromatic carbocycles. The molecule has 3 rings (SSSR count). The molecule has 2 fully saturated rings. The Morgan fingerprint density at radius 1 is 1.13 bits per heavy atom. The second kappa shape index (κ2) is 6.44. The number of carbonyl (C=O) groups excluding carboxylic acids is 3. The molecule has 1 saturated heterocycles. The van der Waals surface area contributed by atoms with Crippen molar-refractivity contribution in [2.24, 2.45) is 0 Å². The molecule has 7 heteroatoms. The molecule has 0 spiro atoms. The van der Waals surface area contributed by atoms with Gasteiger partial charge in [0.1, 0.15) is 5.76 Å². The fraction of sp³-hybridized carbons (Fsp3) is 0.562. The maximum Gasteiger partial charge on any atom is 0.312 e. The molecule has 1 aromatic rings. The Balaban J connectivity index is 1.52. The number of rotatable bonds is 3. The molecule has 2 aliphatic rings. The van der Waals surface area contributed by atoms with E-state index in [4.69, 9.17) is 4.42 Å². The quantitative estimate of drug-likeness (QED) is 0.818. The molecule has 0 radical (unpaired) electrons. The second-order valence-electron chi connectivity index (χ2n) is 5.95. The third-order valence-electron chi connectivity index (χ3n) is 4.18. The Morgan fingerprint density at radius 3 is 2.35 bits per heavy atom. The Morgan fingerprint density at radius 2 is 1.78 bits per heavy atom. The van der Waals surface area contributed by atoms with Crippen molar-refractivity contribution in [3.63, 3.8) is 0 Å². The van der Waals surface area contributed by atoms with Crippen LogP contribution in [0.15, 0.2) is 16.5 Å². The molecule has 0 unspecified atom stereocenters. The fourth-order valence-corrected chi connectivity index (χ4v) is 2.57. The highest BCUT2D eigenvalue weighted by Crippen LogP contribution is 2.18. The molecule has 1 aromatic heterocycles. The van der Waals surface area contributed by atoms with Gasteiger partial charge < -0.3 is 19.5 Å². The molecular formula is C16H21N3O4. The molecule has 3 amide bonds. The van der Waals surface area contributed by atoms with Gasteiger partial charge in [0.25, 0.3) is 5.91 Å². The number of nitrogens with one attached hydrogen (secondary N) is 1. The lowest BCUT2D eigenvalue weighted by Crippen LogP contribution is -2.54. The summed E-state index contributed by atoms with van der Waals surface area (Å²) in [7, 11) is 0. The van der Waals surface area contributed by atoms with E-state index < -0.39 is 11.8 Å². The Hall–Kier alpha value is -2.31. The minimum Gasteiger partial charge on any atom is -0.456 e. The van der Waals surface area contributed by atoms with Crippen LogP contribution in [0.2, 0.25) is 0 Å². The fourth-order valence-electron chi connectivity index (χ4n) is 2.57. The van der Waals surface area contributed by atoms with Crippen molar-refractivity contribution in [1.82, 2.24) is 15.1 Å². The third kappa shape index (κ3) is 3.55. The van der Waals surface area contributed by atoms with E-state index in [-0.39, 0.29) is 11.9 Å². The van der Waals surface area contributed by atoms with Crippen molar-refractivity contribution >= 4 is 17.7 Å². The lowest BCUT2D eigenvalue weighted by molar-refractivity contribution is -0.146. The number of aryl methyl sites for hydroxylation is 1. The number of hydrogen-bond acceptors (Lipinski definition) is 4. The zero-order chi connectivity index (χ0) is 16.4. The van der Waals surface area contributed by atoms with Crippen LogP contribution in [0.3, 0.4) is 0 Å². The van der Waals surface area contributed by atoms with Crippen molar-refractivity contribution in [1.29, 1.82) is 0 Å². The van der Waals surface area contributed by atoms with Crippen LogP contribution < -0.4 is 5.32 Å². The van der Waals surface area contributed by atoms with Crippen LogP contribution >= 0.6 is 0 Å². The van der Waals surface area contributed by atoms with E-state index in [2.05, 4.69) is 5.32 Å². The van der Waals surface area contributed by atoms with Gasteiger partial charge in [-0.1, -0.05) is 6.92 Å². The molecule has 1 N–H and O–H groups in total. The van der Waals surface area contributed by atoms with Crippen LogP contribution in [0.25, 0.3) is 0 Å². The molecule has 1 aliphatic carbocycles. The summed E-state index contributed by atoms with van der Waals surface area (Å²) in [4.78, 5) is 39.3. The first-order valence-electron chi connectivity index (χ1n) is 8.06. The molecule has 23 heavy (non-hydrogen) atoms. The number of nitrogens with zero attached hydrogens (tertiary/aromatic N) is 2. The van der Waals surface area contributed by atoms with Gasteiger partial charge in [-0.25, -0.2) is 0 Å². The van der Waals surface area contributed by atoms with E-state index in [9.17, 15) is 14.4 Å². The summed E-state index contributed by atoms with van der Waals surface area (Å²) in [5.41, 5.74) is 0. The summed E-state index contributed by atoms with van der Waals surface area (Å²) in [5.74, 6) is -0.104. The highest BCUT2D eigenvalue weighted by Gasteiger charge is 2.32. The van der Waals surface area contributed by atoms with Crippen molar-refractivity contribution in [3.05, 3.63) is 23.7 Å². The first kappa shape index (κ1) is 15.6. The summed E-state index contributed by atoms with van der Waals surface area (Å²) in [5, 5.41) is 2.69. The lowest BCUT2D eigenvalue weighted by atomic mass is 10.2. The number of amides is 3. The number of carbonyl (C=O) groups is 3. The molecule has 1 saturated carbocycles.